The molecular formula is C15H22N2. The van der Waals surface area contributed by atoms with Gasteiger partial charge in [-0.05, 0) is 37.3 Å². The van der Waals surface area contributed by atoms with Crippen LogP contribution in [0.15, 0.2) is 23.2 Å². The Bertz CT molecular complexity index is 415. The molecule has 92 valence electrons. The van der Waals surface area contributed by atoms with Gasteiger partial charge in [-0.1, -0.05) is 38.0 Å². The van der Waals surface area contributed by atoms with Crippen LogP contribution in [0.1, 0.15) is 43.7 Å². The van der Waals surface area contributed by atoms with Gasteiger partial charge in [0.15, 0.2) is 0 Å². The molecule has 1 fully saturated rings. The molecule has 0 saturated heterocycles. The minimum absolute atomic E-state index is 0.513. The fraction of sp³-hybridized carbons (Fsp3) is 0.533. The lowest BCUT2D eigenvalue weighted by Gasteiger charge is -2.11. The number of aryl methyl sites for hydroxylation is 2. The SMILES string of the molecule is CCc1cccc(C)c1N=C(N)C1CCCC1. The molecule has 1 saturated carbocycles. The van der Waals surface area contributed by atoms with Crippen LogP contribution in [0.25, 0.3) is 0 Å². The molecule has 0 radical (unpaired) electrons. The molecule has 1 aromatic rings. The number of nitrogens with two attached hydrogens (primary N) is 1. The Hall–Kier alpha value is -1.31. The topological polar surface area (TPSA) is 38.4 Å². The van der Waals surface area contributed by atoms with Crippen molar-refractivity contribution in [2.75, 3.05) is 0 Å². The number of nitrogens with zero attached hydrogens (tertiary/aromatic N) is 1. The summed E-state index contributed by atoms with van der Waals surface area (Å²) in [5.74, 6) is 1.35. The molecule has 0 amide bonds. The van der Waals surface area contributed by atoms with Crippen LogP contribution in [0.2, 0.25) is 0 Å². The molecule has 0 atom stereocenters. The summed E-state index contributed by atoms with van der Waals surface area (Å²) in [6, 6.07) is 6.35. The van der Waals surface area contributed by atoms with Crippen LogP contribution in [-0.4, -0.2) is 5.84 Å². The van der Waals surface area contributed by atoms with Gasteiger partial charge in [0.2, 0.25) is 0 Å². The van der Waals surface area contributed by atoms with E-state index >= 15 is 0 Å². The molecule has 1 aliphatic rings. The number of benzene rings is 1. The Morgan fingerprint density at radius 2 is 2.06 bits per heavy atom. The summed E-state index contributed by atoms with van der Waals surface area (Å²) in [5, 5.41) is 0. The van der Waals surface area contributed by atoms with Gasteiger partial charge < -0.3 is 5.73 Å². The third-order valence-corrected chi connectivity index (χ3v) is 3.72. The number of rotatable bonds is 3. The Morgan fingerprint density at radius 1 is 1.35 bits per heavy atom. The summed E-state index contributed by atoms with van der Waals surface area (Å²) < 4.78 is 0. The van der Waals surface area contributed by atoms with E-state index in [4.69, 9.17) is 10.7 Å². The number of hydrogen-bond acceptors (Lipinski definition) is 1. The Labute approximate surface area is 104 Å². The number of aliphatic imine (C=N–C) groups is 1. The number of hydrogen-bond donors (Lipinski definition) is 1. The van der Waals surface area contributed by atoms with Gasteiger partial charge >= 0.3 is 0 Å². The molecule has 2 heteroatoms. The van der Waals surface area contributed by atoms with Gasteiger partial charge in [-0.15, -0.1) is 0 Å². The van der Waals surface area contributed by atoms with Crippen molar-refractivity contribution in [3.63, 3.8) is 0 Å². The van der Waals surface area contributed by atoms with Gasteiger partial charge in [0.25, 0.3) is 0 Å². The summed E-state index contributed by atoms with van der Waals surface area (Å²) in [6.45, 7) is 4.28. The average Bonchev–Trinajstić information content (AvgIpc) is 2.85. The lowest BCUT2D eigenvalue weighted by Crippen LogP contribution is -2.21. The van der Waals surface area contributed by atoms with Crippen molar-refractivity contribution in [1.29, 1.82) is 0 Å². The Kier molecular flexibility index (Phi) is 3.82. The van der Waals surface area contributed by atoms with Crippen molar-refractivity contribution in [2.45, 2.75) is 46.0 Å². The molecule has 2 rings (SSSR count). The van der Waals surface area contributed by atoms with Crippen LogP contribution >= 0.6 is 0 Å². The monoisotopic (exact) mass is 230 g/mol. The minimum Gasteiger partial charge on any atom is -0.387 e. The van der Waals surface area contributed by atoms with Gasteiger partial charge in [-0.2, -0.15) is 0 Å². The van der Waals surface area contributed by atoms with Gasteiger partial charge in [-0.25, -0.2) is 4.99 Å². The summed E-state index contributed by atoms with van der Waals surface area (Å²) in [5.41, 5.74) is 9.77. The molecule has 0 spiro atoms. The van der Waals surface area contributed by atoms with E-state index in [9.17, 15) is 0 Å². The highest BCUT2D eigenvalue weighted by Gasteiger charge is 2.19. The summed E-state index contributed by atoms with van der Waals surface area (Å²) >= 11 is 0. The van der Waals surface area contributed by atoms with Crippen LogP contribution in [0.4, 0.5) is 5.69 Å². The van der Waals surface area contributed by atoms with E-state index < -0.39 is 0 Å². The molecule has 1 aliphatic carbocycles. The minimum atomic E-state index is 0.513. The van der Waals surface area contributed by atoms with Crippen molar-refractivity contribution in [2.24, 2.45) is 16.6 Å². The summed E-state index contributed by atoms with van der Waals surface area (Å²) in [7, 11) is 0. The Balaban J connectivity index is 2.30. The second-order valence-electron chi connectivity index (χ2n) is 4.95. The van der Waals surface area contributed by atoms with Crippen LogP contribution in [0, 0.1) is 12.8 Å². The zero-order chi connectivity index (χ0) is 12.3. The van der Waals surface area contributed by atoms with E-state index in [0.717, 1.165) is 17.9 Å². The zero-order valence-electron chi connectivity index (χ0n) is 10.9. The fourth-order valence-corrected chi connectivity index (χ4v) is 2.61. The molecule has 0 aliphatic heterocycles. The molecule has 1 aromatic carbocycles. The predicted octanol–water partition coefficient (Wildman–Crippen LogP) is 3.74. The van der Waals surface area contributed by atoms with Gasteiger partial charge in [0.1, 0.15) is 5.84 Å². The van der Waals surface area contributed by atoms with Crippen LogP contribution in [0.3, 0.4) is 0 Å². The molecule has 2 N–H and O–H groups in total. The van der Waals surface area contributed by atoms with Crippen molar-refractivity contribution >= 4 is 11.5 Å². The largest absolute Gasteiger partial charge is 0.387 e. The highest BCUT2D eigenvalue weighted by Crippen LogP contribution is 2.29. The van der Waals surface area contributed by atoms with E-state index in [1.54, 1.807) is 0 Å². The van der Waals surface area contributed by atoms with E-state index in [2.05, 4.69) is 32.0 Å². The van der Waals surface area contributed by atoms with Gasteiger partial charge in [0, 0.05) is 5.92 Å². The smallest absolute Gasteiger partial charge is 0.103 e. The molecule has 2 nitrogen and oxygen atoms in total. The lowest BCUT2D eigenvalue weighted by molar-refractivity contribution is 0.722. The highest BCUT2D eigenvalue weighted by atomic mass is 14.9. The third kappa shape index (κ3) is 2.68. The van der Waals surface area contributed by atoms with Crippen molar-refractivity contribution in [3.05, 3.63) is 29.3 Å². The summed E-state index contributed by atoms with van der Waals surface area (Å²) in [6.07, 6.45) is 6.04. The molecule has 0 bridgehead atoms. The first kappa shape index (κ1) is 12.2. The maximum Gasteiger partial charge on any atom is 0.103 e. The first-order valence-corrected chi connectivity index (χ1v) is 6.65. The van der Waals surface area contributed by atoms with Crippen LogP contribution in [0.5, 0.6) is 0 Å². The average molecular weight is 230 g/mol. The normalized spacial score (nSPS) is 17.6. The molecule has 0 aromatic heterocycles. The van der Waals surface area contributed by atoms with E-state index in [1.165, 1.54) is 36.8 Å². The summed E-state index contributed by atoms with van der Waals surface area (Å²) in [4.78, 5) is 4.71. The van der Waals surface area contributed by atoms with E-state index in [1.807, 2.05) is 0 Å². The predicted molar refractivity (Wildman–Crippen MR) is 73.8 cm³/mol. The van der Waals surface area contributed by atoms with Gasteiger partial charge in [0.05, 0.1) is 5.69 Å². The molecular weight excluding hydrogens is 208 g/mol. The van der Waals surface area contributed by atoms with Crippen molar-refractivity contribution in [3.8, 4) is 0 Å². The fourth-order valence-electron chi connectivity index (χ4n) is 2.61. The van der Waals surface area contributed by atoms with Crippen LogP contribution in [-0.2, 0) is 6.42 Å². The van der Waals surface area contributed by atoms with E-state index in [0.29, 0.717) is 5.92 Å². The van der Waals surface area contributed by atoms with Crippen LogP contribution < -0.4 is 5.73 Å². The molecule has 17 heavy (non-hydrogen) atoms. The number of amidine groups is 1. The van der Waals surface area contributed by atoms with E-state index in [-0.39, 0.29) is 0 Å². The number of para-hydroxylation sites is 1. The highest BCUT2D eigenvalue weighted by molar-refractivity contribution is 5.86. The second-order valence-corrected chi connectivity index (χ2v) is 4.95. The third-order valence-electron chi connectivity index (χ3n) is 3.72. The maximum absolute atomic E-state index is 6.15. The molecule has 0 unspecified atom stereocenters. The standard InChI is InChI=1S/C15H22N2/c1-3-12-10-6-7-11(2)14(12)17-15(16)13-8-4-5-9-13/h6-7,10,13H,3-5,8-9H2,1-2H3,(H2,16,17). The van der Waals surface area contributed by atoms with Crippen molar-refractivity contribution < 1.29 is 0 Å². The zero-order valence-corrected chi connectivity index (χ0v) is 10.9. The van der Waals surface area contributed by atoms with Gasteiger partial charge in [-0.3, -0.25) is 0 Å². The van der Waals surface area contributed by atoms with Crippen molar-refractivity contribution in [1.82, 2.24) is 0 Å². The first-order valence-electron chi connectivity index (χ1n) is 6.65. The molecule has 0 heterocycles. The quantitative estimate of drug-likeness (QED) is 0.623. The second kappa shape index (κ2) is 5.35. The maximum atomic E-state index is 6.15. The first-order chi connectivity index (χ1) is 8.22. The lowest BCUT2D eigenvalue weighted by atomic mass is 10.0. The Morgan fingerprint density at radius 3 is 2.71 bits per heavy atom.